The molecule has 3 amide bonds. The Balaban J connectivity index is 0.000000225. The number of nitrogens with one attached hydrogen (secondary N) is 4. The monoisotopic (exact) mass is 497 g/mol. The van der Waals surface area contributed by atoms with Crippen molar-refractivity contribution in [2.24, 2.45) is 0 Å². The number of nitrogens with zero attached hydrogens (tertiary/aromatic N) is 3. The topological polar surface area (TPSA) is 162 Å². The Bertz CT molecular complexity index is 1510. The summed E-state index contributed by atoms with van der Waals surface area (Å²) in [5.74, 6) is 0.125. The number of carbonyl (C=O) groups is 3. The van der Waals surface area contributed by atoms with E-state index < -0.39 is 0 Å². The molecule has 0 spiro atoms. The van der Waals surface area contributed by atoms with E-state index >= 15 is 0 Å². The molecule has 0 bridgehead atoms. The first-order valence-corrected chi connectivity index (χ1v) is 11.3. The van der Waals surface area contributed by atoms with Gasteiger partial charge in [-0.3, -0.25) is 14.4 Å². The Morgan fingerprint density at radius 3 is 2.84 bits per heavy atom. The molecule has 0 aliphatic carbocycles. The molecular weight excluding hydrogens is 474 g/mol. The number of H-pyrrole nitrogens is 1. The van der Waals surface area contributed by atoms with Gasteiger partial charge in [0.15, 0.2) is 12.3 Å². The molecule has 3 heterocycles. The first-order valence-electron chi connectivity index (χ1n) is 11.3. The standard InChI is InChI=1S/C17H15N5O3.C9H8N2O/c1-9-5-18-15-14(9)20-8-21-16(15)17(24)19-6-10-2-3-12-11(4-10)22-13(23)7-25-12;10-5-8-2-1-3-9(4-8)6-11-7-12/h2-5,8,18H,6-7H2,1H3,(H,19,24)(H,22,23);1-4,7H,6H2,(H,11,12). The molecule has 0 radical (unpaired) electrons. The van der Waals surface area contributed by atoms with Gasteiger partial charge in [0.1, 0.15) is 12.1 Å². The number of benzene rings is 2. The van der Waals surface area contributed by atoms with Crippen molar-refractivity contribution >= 4 is 34.9 Å². The molecule has 2 aromatic heterocycles. The van der Waals surface area contributed by atoms with Gasteiger partial charge < -0.3 is 25.7 Å². The van der Waals surface area contributed by atoms with Crippen LogP contribution in [0.15, 0.2) is 55.0 Å². The molecule has 0 saturated heterocycles. The maximum absolute atomic E-state index is 12.5. The van der Waals surface area contributed by atoms with Crippen LogP contribution in [0.25, 0.3) is 11.0 Å². The quantitative estimate of drug-likeness (QED) is 0.297. The van der Waals surface area contributed by atoms with E-state index in [-0.39, 0.29) is 18.4 Å². The number of aromatic nitrogens is 3. The zero-order valence-electron chi connectivity index (χ0n) is 19.9. The predicted octanol–water partition coefficient (Wildman–Crippen LogP) is 2.33. The molecule has 0 atom stereocenters. The molecule has 5 rings (SSSR count). The number of hydrogen-bond donors (Lipinski definition) is 4. The molecule has 1 aliphatic heterocycles. The summed E-state index contributed by atoms with van der Waals surface area (Å²) in [7, 11) is 0. The van der Waals surface area contributed by atoms with Crippen molar-refractivity contribution in [1.82, 2.24) is 25.6 Å². The largest absolute Gasteiger partial charge is 0.482 e. The van der Waals surface area contributed by atoms with Crippen LogP contribution in [0.2, 0.25) is 0 Å². The van der Waals surface area contributed by atoms with E-state index in [1.54, 1.807) is 36.5 Å². The number of nitriles is 1. The third kappa shape index (κ3) is 6.07. The van der Waals surface area contributed by atoms with Crippen molar-refractivity contribution in [1.29, 1.82) is 5.26 Å². The third-order valence-corrected chi connectivity index (χ3v) is 5.44. The normalized spacial score (nSPS) is 11.6. The number of rotatable bonds is 6. The van der Waals surface area contributed by atoms with Gasteiger partial charge in [0.05, 0.1) is 28.4 Å². The summed E-state index contributed by atoms with van der Waals surface area (Å²) >= 11 is 0. The molecule has 0 unspecified atom stereocenters. The van der Waals surface area contributed by atoms with E-state index in [9.17, 15) is 14.4 Å². The Morgan fingerprint density at radius 2 is 2.03 bits per heavy atom. The molecular formula is C26H23N7O4. The Hall–Kier alpha value is -5.24. The van der Waals surface area contributed by atoms with Crippen LogP contribution >= 0.6 is 0 Å². The molecule has 0 saturated carbocycles. The Labute approximate surface area is 211 Å². The lowest BCUT2D eigenvalue weighted by Gasteiger charge is -2.18. The summed E-state index contributed by atoms with van der Waals surface area (Å²) in [6, 6.07) is 14.5. The summed E-state index contributed by atoms with van der Waals surface area (Å²) in [6.45, 7) is 2.70. The highest BCUT2D eigenvalue weighted by Gasteiger charge is 2.17. The van der Waals surface area contributed by atoms with Crippen LogP contribution in [0.4, 0.5) is 5.69 Å². The molecule has 11 nitrogen and oxygen atoms in total. The molecule has 37 heavy (non-hydrogen) atoms. The van der Waals surface area contributed by atoms with E-state index in [1.807, 2.05) is 25.1 Å². The fourth-order valence-electron chi connectivity index (χ4n) is 3.66. The van der Waals surface area contributed by atoms with Crippen LogP contribution in [0.1, 0.15) is 32.7 Å². The van der Waals surface area contributed by atoms with Crippen LogP contribution in [-0.4, -0.2) is 39.8 Å². The van der Waals surface area contributed by atoms with Crippen molar-refractivity contribution < 1.29 is 19.1 Å². The second-order valence-corrected chi connectivity index (χ2v) is 8.08. The number of hydrogen-bond acceptors (Lipinski definition) is 7. The van der Waals surface area contributed by atoms with Gasteiger partial charge in [0.25, 0.3) is 11.8 Å². The molecule has 11 heteroatoms. The van der Waals surface area contributed by atoms with E-state index in [1.165, 1.54) is 6.33 Å². The van der Waals surface area contributed by atoms with Gasteiger partial charge in [-0.05, 0) is 47.9 Å². The minimum Gasteiger partial charge on any atom is -0.482 e. The van der Waals surface area contributed by atoms with Crippen LogP contribution in [0.3, 0.4) is 0 Å². The lowest BCUT2D eigenvalue weighted by Crippen LogP contribution is -2.26. The molecule has 1 aliphatic rings. The summed E-state index contributed by atoms with van der Waals surface area (Å²) < 4.78 is 5.32. The second kappa shape index (κ2) is 11.5. The number of amides is 3. The molecule has 186 valence electrons. The zero-order valence-corrected chi connectivity index (χ0v) is 19.9. The average molecular weight is 498 g/mol. The maximum atomic E-state index is 12.5. The van der Waals surface area contributed by atoms with Gasteiger partial charge in [-0.15, -0.1) is 0 Å². The SMILES string of the molecule is Cc1c[nH]c2c(C(=O)NCc3ccc4c(c3)NC(=O)CO4)ncnc12.N#Cc1cccc(CNC=O)c1. The first kappa shape index (κ1) is 24.9. The zero-order chi connectivity index (χ0) is 26.2. The average Bonchev–Trinajstić information content (AvgIpc) is 3.31. The summed E-state index contributed by atoms with van der Waals surface area (Å²) in [5, 5.41) is 16.6. The van der Waals surface area contributed by atoms with Crippen LogP contribution < -0.4 is 20.7 Å². The number of aryl methyl sites for hydroxylation is 1. The van der Waals surface area contributed by atoms with Crippen molar-refractivity contribution in [3.8, 4) is 11.8 Å². The number of carbonyl (C=O) groups excluding carboxylic acids is 3. The Morgan fingerprint density at radius 1 is 1.19 bits per heavy atom. The van der Waals surface area contributed by atoms with Gasteiger partial charge in [0, 0.05) is 19.3 Å². The highest BCUT2D eigenvalue weighted by molar-refractivity contribution is 6.03. The molecule has 2 aromatic carbocycles. The van der Waals surface area contributed by atoms with E-state index in [2.05, 4.69) is 30.9 Å². The molecule has 4 aromatic rings. The minimum atomic E-state index is -0.299. The predicted molar refractivity (Wildman–Crippen MR) is 134 cm³/mol. The smallest absolute Gasteiger partial charge is 0.272 e. The van der Waals surface area contributed by atoms with E-state index in [0.29, 0.717) is 47.7 Å². The number of aromatic amines is 1. The van der Waals surface area contributed by atoms with Crippen molar-refractivity contribution in [2.45, 2.75) is 20.0 Å². The first-order chi connectivity index (χ1) is 18.0. The summed E-state index contributed by atoms with van der Waals surface area (Å²) in [6.07, 6.45) is 3.81. The third-order valence-electron chi connectivity index (χ3n) is 5.44. The van der Waals surface area contributed by atoms with Crippen molar-refractivity contribution in [3.05, 3.63) is 82.9 Å². The lowest BCUT2D eigenvalue weighted by atomic mass is 10.1. The second-order valence-electron chi connectivity index (χ2n) is 8.08. The number of ether oxygens (including phenoxy) is 1. The lowest BCUT2D eigenvalue weighted by molar-refractivity contribution is -0.118. The van der Waals surface area contributed by atoms with Gasteiger partial charge in [-0.2, -0.15) is 5.26 Å². The van der Waals surface area contributed by atoms with Gasteiger partial charge >= 0.3 is 0 Å². The molecule has 4 N–H and O–H groups in total. The molecule has 0 fully saturated rings. The highest BCUT2D eigenvalue weighted by Crippen LogP contribution is 2.28. The van der Waals surface area contributed by atoms with Crippen molar-refractivity contribution in [3.63, 3.8) is 0 Å². The Kier molecular flexibility index (Phi) is 7.70. The summed E-state index contributed by atoms with van der Waals surface area (Å²) in [4.78, 5) is 45.1. The fourth-order valence-corrected chi connectivity index (χ4v) is 3.66. The van der Waals surface area contributed by atoms with Crippen LogP contribution in [0.5, 0.6) is 5.75 Å². The van der Waals surface area contributed by atoms with Crippen LogP contribution in [0, 0.1) is 18.3 Å². The van der Waals surface area contributed by atoms with Gasteiger partial charge in [-0.25, -0.2) is 9.97 Å². The highest BCUT2D eigenvalue weighted by atomic mass is 16.5. The maximum Gasteiger partial charge on any atom is 0.272 e. The minimum absolute atomic E-state index is 0.0162. The van der Waals surface area contributed by atoms with Crippen LogP contribution in [-0.2, 0) is 22.7 Å². The fraction of sp³-hybridized carbons (Fsp3) is 0.154. The van der Waals surface area contributed by atoms with E-state index in [4.69, 9.17) is 10.00 Å². The van der Waals surface area contributed by atoms with E-state index in [0.717, 1.165) is 22.2 Å². The number of fused-ring (bicyclic) bond motifs is 2. The summed E-state index contributed by atoms with van der Waals surface area (Å²) in [5.41, 5.74) is 5.58. The van der Waals surface area contributed by atoms with Crippen molar-refractivity contribution in [2.75, 3.05) is 11.9 Å². The van der Waals surface area contributed by atoms with Gasteiger partial charge in [-0.1, -0.05) is 18.2 Å². The number of anilines is 1. The van der Waals surface area contributed by atoms with Gasteiger partial charge in [0.2, 0.25) is 6.41 Å².